The SMILES string of the molecule is CN1C(NC(=O)OC(C)(C)C)=N[C@](C)(c2cc(C(=O)O)ccc2F)CS1(=O)=O.[2HH].[2H][2H].[2H][2H]. The molecule has 11 heteroatoms. The molecule has 0 radical (unpaired) electrons. The fourth-order valence-corrected chi connectivity index (χ4v) is 4.10. The summed E-state index contributed by atoms with van der Waals surface area (Å²) in [7, 11) is -2.80. The van der Waals surface area contributed by atoms with Crippen LogP contribution in [0.3, 0.4) is 0 Å². The third-order valence-electron chi connectivity index (χ3n) is 3.94. The number of nitrogens with one attached hydrogen (secondary N) is 1. The molecule has 0 unspecified atom stereocenters. The van der Waals surface area contributed by atoms with Gasteiger partial charge in [0.1, 0.15) is 17.0 Å². The molecule has 0 bridgehead atoms. The van der Waals surface area contributed by atoms with Crippen LogP contribution in [-0.2, 0) is 20.3 Å². The van der Waals surface area contributed by atoms with E-state index in [1.54, 1.807) is 20.8 Å². The van der Waals surface area contributed by atoms with Gasteiger partial charge in [-0.05, 0) is 45.9 Å². The molecule has 1 atom stereocenters. The number of sulfonamides is 1. The van der Waals surface area contributed by atoms with Gasteiger partial charge in [-0.3, -0.25) is 5.32 Å². The molecule has 0 aromatic heterocycles. The number of guanidine groups is 1. The van der Waals surface area contributed by atoms with Gasteiger partial charge in [0.05, 0.1) is 11.3 Å². The van der Waals surface area contributed by atoms with Gasteiger partial charge in [0.2, 0.25) is 16.0 Å². The van der Waals surface area contributed by atoms with E-state index in [1.165, 1.54) is 14.0 Å². The third-order valence-corrected chi connectivity index (χ3v) is 5.87. The van der Waals surface area contributed by atoms with Crippen molar-refractivity contribution in [2.24, 2.45) is 4.99 Å². The second-order valence-electron chi connectivity index (χ2n) is 7.56. The number of carbonyl (C=O) groups is 2. The van der Waals surface area contributed by atoms with Gasteiger partial charge in [0.25, 0.3) is 0 Å². The first-order valence-corrected chi connectivity index (χ1v) is 9.85. The standard InChI is InChI=1S/C17H22FN3O6S.3H2/c1-16(2,3)27-15(24)19-14-20-17(4,9-28(25,26)21(14)5)11-8-10(13(22)23)6-7-12(11)18;;;/h6-8H,9H2,1-5H3,(H,22,23)(H,19,20,24);3*1H/t17-;;;/m0.../s1/i;2*1+1D;1+1. The molecule has 0 saturated carbocycles. The molecule has 0 fully saturated rings. The lowest BCUT2D eigenvalue weighted by Gasteiger charge is -2.36. The molecule has 2 N–H and O–H groups in total. The van der Waals surface area contributed by atoms with Gasteiger partial charge >= 0.3 is 12.1 Å². The number of carbonyl (C=O) groups excluding carboxylic acids is 1. The maximum Gasteiger partial charge on any atom is 0.414 e. The Kier molecular flexibility index (Phi) is 4.69. The van der Waals surface area contributed by atoms with E-state index < -0.39 is 44.8 Å². The van der Waals surface area contributed by atoms with Gasteiger partial charge in [-0.25, -0.2) is 31.7 Å². The summed E-state index contributed by atoms with van der Waals surface area (Å²) in [6.07, 6.45) is -0.933. The van der Waals surface area contributed by atoms with E-state index in [0.717, 1.165) is 22.5 Å². The number of hydrogen-bond acceptors (Lipinski definition) is 6. The van der Waals surface area contributed by atoms with Crippen molar-refractivity contribution in [2.45, 2.75) is 38.8 Å². The number of alkyl carbamates (subject to hydrolysis) is 1. The number of hydrogen-bond donors (Lipinski definition) is 2. The molecule has 160 valence electrons. The second-order valence-corrected chi connectivity index (χ2v) is 9.56. The van der Waals surface area contributed by atoms with E-state index in [9.17, 15) is 22.4 Å². The van der Waals surface area contributed by atoms with E-state index in [4.69, 9.17) is 15.8 Å². The molecule has 0 spiro atoms. The highest BCUT2D eigenvalue weighted by Gasteiger charge is 2.43. The van der Waals surface area contributed by atoms with Crippen LogP contribution in [0.15, 0.2) is 23.2 Å². The lowest BCUT2D eigenvalue weighted by Crippen LogP contribution is -2.54. The highest BCUT2D eigenvalue weighted by Crippen LogP contribution is 2.34. The number of benzene rings is 1. The largest absolute Gasteiger partial charge is 0.478 e. The molecule has 2 rings (SSSR count). The highest BCUT2D eigenvalue weighted by atomic mass is 32.2. The monoisotopic (exact) mass is 426 g/mol. The van der Waals surface area contributed by atoms with Crippen molar-refractivity contribution in [3.63, 3.8) is 0 Å². The molecule has 0 aliphatic carbocycles. The number of nitrogens with zero attached hydrogens (tertiary/aromatic N) is 2. The molecule has 1 heterocycles. The van der Waals surface area contributed by atoms with E-state index in [2.05, 4.69) is 10.3 Å². The normalized spacial score (nSPS) is 22.2. The number of carboxylic acid groups (broad SMARTS) is 1. The molecule has 0 saturated heterocycles. The Balaban J connectivity index is 0. The van der Waals surface area contributed by atoms with Crippen molar-refractivity contribution in [3.05, 3.63) is 35.1 Å². The average molecular weight is 427 g/mol. The topological polar surface area (TPSA) is 125 Å². The van der Waals surface area contributed by atoms with E-state index in [0.29, 0.717) is 0 Å². The van der Waals surface area contributed by atoms with Crippen LogP contribution in [0.25, 0.3) is 0 Å². The van der Waals surface area contributed by atoms with Crippen LogP contribution in [0.4, 0.5) is 9.18 Å². The maximum absolute atomic E-state index is 14.4. The van der Waals surface area contributed by atoms with Crippen LogP contribution in [0.2, 0.25) is 0 Å². The van der Waals surface area contributed by atoms with Crippen LogP contribution in [0, 0.1) is 5.82 Å². The van der Waals surface area contributed by atoms with Crippen molar-refractivity contribution >= 4 is 28.0 Å². The van der Waals surface area contributed by atoms with E-state index >= 15 is 0 Å². The summed E-state index contributed by atoms with van der Waals surface area (Å²) >= 11 is 0. The van der Waals surface area contributed by atoms with Crippen LogP contribution >= 0.6 is 0 Å². The first-order valence-electron chi connectivity index (χ1n) is 10.2. The third kappa shape index (κ3) is 4.58. The van der Waals surface area contributed by atoms with Gasteiger partial charge in [-0.1, -0.05) is 0 Å². The predicted octanol–water partition coefficient (Wildman–Crippen LogP) is 2.63. The minimum absolute atomic E-state index is 0. The molecule has 1 amide bonds. The molecule has 28 heavy (non-hydrogen) atoms. The lowest BCUT2D eigenvalue weighted by molar-refractivity contribution is 0.0558. The zero-order chi connectivity index (χ0) is 25.5. The minimum Gasteiger partial charge on any atom is -0.478 e. The highest BCUT2D eigenvalue weighted by molar-refractivity contribution is 7.89. The predicted molar refractivity (Wildman–Crippen MR) is 105 cm³/mol. The summed E-state index contributed by atoms with van der Waals surface area (Å²) in [5.41, 5.74) is -2.92. The van der Waals surface area contributed by atoms with Gasteiger partial charge < -0.3 is 9.84 Å². The summed E-state index contributed by atoms with van der Waals surface area (Å²) in [5.74, 6) is -3.08. The summed E-state index contributed by atoms with van der Waals surface area (Å²) in [6, 6.07) is 3.04. The molecule has 1 aliphatic rings. The fourth-order valence-electron chi connectivity index (χ4n) is 2.63. The number of aromatic carboxylic acids is 1. The van der Waals surface area contributed by atoms with Crippen LogP contribution in [0.5, 0.6) is 0 Å². The Morgan fingerprint density at radius 2 is 2.04 bits per heavy atom. The molecule has 1 aliphatic heterocycles. The van der Waals surface area contributed by atoms with Gasteiger partial charge in [-0.2, -0.15) is 0 Å². The number of carboxylic acids is 1. The summed E-state index contributed by atoms with van der Waals surface area (Å²) < 4.78 is 65.5. The molecule has 1 aromatic carbocycles. The van der Waals surface area contributed by atoms with Gasteiger partial charge in [0.15, 0.2) is 0 Å². The van der Waals surface area contributed by atoms with Crippen molar-refractivity contribution in [2.75, 3.05) is 12.8 Å². The second kappa shape index (κ2) is 7.04. The van der Waals surface area contributed by atoms with Crippen molar-refractivity contribution in [1.82, 2.24) is 9.62 Å². The molecular weight excluding hydrogens is 393 g/mol. The van der Waals surface area contributed by atoms with Crippen molar-refractivity contribution in [3.8, 4) is 0 Å². The Bertz CT molecular complexity index is 974. The molecule has 1 aromatic rings. The van der Waals surface area contributed by atoms with Crippen LogP contribution in [0.1, 0.15) is 51.0 Å². The fraction of sp³-hybridized carbons (Fsp3) is 0.471. The number of aliphatic imine (C=N–C) groups is 1. The number of halogens is 1. The quantitative estimate of drug-likeness (QED) is 0.749. The Hall–Kier alpha value is -2.69. The zero-order valence-corrected chi connectivity index (χ0v) is 16.9. The van der Waals surface area contributed by atoms with E-state index in [-0.39, 0.29) is 18.5 Å². The van der Waals surface area contributed by atoms with Crippen LogP contribution in [-0.4, -0.2) is 54.3 Å². The van der Waals surface area contributed by atoms with Crippen molar-refractivity contribution in [1.29, 1.82) is 0 Å². The smallest absolute Gasteiger partial charge is 0.414 e. The summed E-state index contributed by atoms with van der Waals surface area (Å²) in [5, 5.41) is 11.4. The van der Waals surface area contributed by atoms with Crippen molar-refractivity contribution < 1.29 is 39.6 Å². The average Bonchev–Trinajstić information content (AvgIpc) is 2.67. The number of ether oxygens (including phenoxy) is 1. The molecular formula is C17H28FN3O6S. The van der Waals surface area contributed by atoms with E-state index in [1.807, 2.05) is 0 Å². The minimum atomic E-state index is -3.99. The Morgan fingerprint density at radius 3 is 2.57 bits per heavy atom. The number of amides is 1. The van der Waals surface area contributed by atoms with Gasteiger partial charge in [0, 0.05) is 20.0 Å². The van der Waals surface area contributed by atoms with Gasteiger partial charge in [-0.15, -0.1) is 0 Å². The number of rotatable bonds is 2. The maximum atomic E-state index is 14.4. The Morgan fingerprint density at radius 1 is 1.43 bits per heavy atom. The van der Waals surface area contributed by atoms with Crippen LogP contribution < -0.4 is 5.32 Å². The molecule has 9 nitrogen and oxygen atoms in total. The zero-order valence-electron chi connectivity index (χ0n) is 20.1. The first-order chi connectivity index (χ1) is 14.6. The Labute approximate surface area is 169 Å². The summed E-state index contributed by atoms with van der Waals surface area (Å²) in [4.78, 5) is 27.5. The first kappa shape index (κ1) is 18.7. The lowest BCUT2D eigenvalue weighted by atomic mass is 9.92. The summed E-state index contributed by atoms with van der Waals surface area (Å²) in [6.45, 7) is 6.24.